The van der Waals surface area contributed by atoms with Gasteiger partial charge in [-0.05, 0) is 37.0 Å². The lowest BCUT2D eigenvalue weighted by Crippen LogP contribution is -2.30. The lowest BCUT2D eigenvalue weighted by atomic mass is 10.1. The fourth-order valence-electron chi connectivity index (χ4n) is 2.79. The highest BCUT2D eigenvalue weighted by atomic mass is 32.2. The Morgan fingerprint density at radius 3 is 2.78 bits per heavy atom. The largest absolute Gasteiger partial charge is 0.416 e. The van der Waals surface area contributed by atoms with E-state index in [2.05, 4.69) is 15.5 Å². The zero-order valence-electron chi connectivity index (χ0n) is 14.7. The number of rotatable bonds is 7. The van der Waals surface area contributed by atoms with E-state index in [-0.39, 0.29) is 34.4 Å². The number of hydrogen-bond acceptors (Lipinski definition) is 7. The molecule has 0 bridgehead atoms. The topological polar surface area (TPSA) is 102 Å². The molecule has 1 aliphatic rings. The molecule has 2 atom stereocenters. The molecule has 1 amide bonds. The fourth-order valence-corrected chi connectivity index (χ4v) is 5.38. The molecule has 2 aromatic rings. The first-order valence-electron chi connectivity index (χ1n) is 8.52. The van der Waals surface area contributed by atoms with E-state index in [0.717, 1.165) is 17.3 Å². The zero-order chi connectivity index (χ0) is 19.4. The van der Waals surface area contributed by atoms with Gasteiger partial charge in [0.05, 0.1) is 16.8 Å². The summed E-state index contributed by atoms with van der Waals surface area (Å²) in [7, 11) is -2.94. The highest BCUT2D eigenvalue weighted by Crippen LogP contribution is 2.25. The van der Waals surface area contributed by atoms with Crippen LogP contribution in [0, 0.1) is 11.7 Å². The Labute approximate surface area is 161 Å². The van der Waals surface area contributed by atoms with Crippen molar-refractivity contribution < 1.29 is 22.0 Å². The van der Waals surface area contributed by atoms with Gasteiger partial charge >= 0.3 is 0 Å². The average molecular weight is 413 g/mol. The van der Waals surface area contributed by atoms with Crippen LogP contribution in [0.5, 0.6) is 0 Å². The zero-order valence-corrected chi connectivity index (χ0v) is 16.4. The molecule has 0 saturated carbocycles. The molecule has 1 aromatic carbocycles. The molecule has 10 heteroatoms. The third-order valence-electron chi connectivity index (χ3n) is 4.27. The van der Waals surface area contributed by atoms with Crippen LogP contribution in [0.1, 0.15) is 24.8 Å². The molecule has 1 aromatic heterocycles. The first-order valence-corrected chi connectivity index (χ1v) is 11.2. The van der Waals surface area contributed by atoms with Crippen molar-refractivity contribution in [2.24, 2.45) is 5.92 Å². The highest BCUT2D eigenvalue weighted by Gasteiger charge is 2.29. The Hall–Kier alpha value is -1.94. The van der Waals surface area contributed by atoms with Gasteiger partial charge < -0.3 is 9.73 Å². The van der Waals surface area contributed by atoms with Gasteiger partial charge in [-0.1, -0.05) is 23.9 Å². The first-order chi connectivity index (χ1) is 12.8. The molecule has 0 aliphatic carbocycles. The van der Waals surface area contributed by atoms with Crippen molar-refractivity contribution in [2.75, 3.05) is 11.5 Å². The molecule has 0 unspecified atom stereocenters. The van der Waals surface area contributed by atoms with Gasteiger partial charge in [-0.2, -0.15) is 0 Å². The van der Waals surface area contributed by atoms with Crippen LogP contribution in [0.3, 0.4) is 0 Å². The maximum absolute atomic E-state index is 12.9. The summed E-state index contributed by atoms with van der Waals surface area (Å²) in [6, 6.07) is 5.91. The standard InChI is InChI=1S/C17H20FN3O4S2/c1-11(16(22)19-9-12-2-4-14(18)5-3-12)26-17-21-20-15(25-17)8-13-6-7-27(23,24)10-13/h2-5,11,13H,6-10H2,1H3,(H,19,22)/t11-,13+/m0/s1. The monoisotopic (exact) mass is 413 g/mol. The van der Waals surface area contributed by atoms with Crippen molar-refractivity contribution in [3.63, 3.8) is 0 Å². The van der Waals surface area contributed by atoms with Crippen LogP contribution in [0.2, 0.25) is 0 Å². The summed E-state index contributed by atoms with van der Waals surface area (Å²) in [4.78, 5) is 12.2. The van der Waals surface area contributed by atoms with E-state index in [1.165, 1.54) is 12.1 Å². The van der Waals surface area contributed by atoms with Crippen molar-refractivity contribution in [1.82, 2.24) is 15.5 Å². The Morgan fingerprint density at radius 2 is 2.11 bits per heavy atom. The molecule has 146 valence electrons. The van der Waals surface area contributed by atoms with Gasteiger partial charge in [-0.3, -0.25) is 4.79 Å². The molecule has 1 aliphatic heterocycles. The number of carbonyl (C=O) groups is 1. The van der Waals surface area contributed by atoms with Gasteiger partial charge in [0, 0.05) is 13.0 Å². The van der Waals surface area contributed by atoms with E-state index in [4.69, 9.17) is 4.42 Å². The molecule has 2 heterocycles. The second-order valence-corrected chi connectivity index (χ2v) is 10.1. The van der Waals surface area contributed by atoms with Gasteiger partial charge in [-0.15, -0.1) is 10.2 Å². The molecular weight excluding hydrogens is 393 g/mol. The number of sulfone groups is 1. The minimum Gasteiger partial charge on any atom is -0.416 e. The van der Waals surface area contributed by atoms with Crippen LogP contribution in [0.4, 0.5) is 4.39 Å². The van der Waals surface area contributed by atoms with Crippen LogP contribution in [-0.2, 0) is 27.6 Å². The molecule has 27 heavy (non-hydrogen) atoms. The maximum Gasteiger partial charge on any atom is 0.277 e. The lowest BCUT2D eigenvalue weighted by molar-refractivity contribution is -0.120. The number of thioether (sulfide) groups is 1. The van der Waals surface area contributed by atoms with Gasteiger partial charge in [0.1, 0.15) is 5.82 Å². The number of benzene rings is 1. The molecule has 1 fully saturated rings. The second kappa shape index (κ2) is 8.39. The molecular formula is C17H20FN3O4S2. The van der Waals surface area contributed by atoms with Crippen molar-refractivity contribution in [1.29, 1.82) is 0 Å². The van der Waals surface area contributed by atoms with Crippen molar-refractivity contribution in [3.8, 4) is 0 Å². The number of hydrogen-bond donors (Lipinski definition) is 1. The molecule has 0 radical (unpaired) electrons. The Morgan fingerprint density at radius 1 is 1.37 bits per heavy atom. The van der Waals surface area contributed by atoms with Crippen molar-refractivity contribution >= 4 is 27.5 Å². The number of aromatic nitrogens is 2. The van der Waals surface area contributed by atoms with E-state index < -0.39 is 15.1 Å². The summed E-state index contributed by atoms with van der Waals surface area (Å²) >= 11 is 1.14. The molecule has 1 saturated heterocycles. The van der Waals surface area contributed by atoms with Gasteiger partial charge in [0.15, 0.2) is 9.84 Å². The Bertz CT molecular complexity index is 899. The minimum absolute atomic E-state index is 0.00438. The summed E-state index contributed by atoms with van der Waals surface area (Å²) in [6.07, 6.45) is 1.04. The van der Waals surface area contributed by atoms with E-state index in [1.54, 1.807) is 19.1 Å². The summed E-state index contributed by atoms with van der Waals surface area (Å²) in [6.45, 7) is 2.02. The third-order valence-corrected chi connectivity index (χ3v) is 7.04. The van der Waals surface area contributed by atoms with Crippen LogP contribution < -0.4 is 5.32 Å². The summed E-state index contributed by atoms with van der Waals surface area (Å²) in [5.74, 6) is 0.226. The first kappa shape index (κ1) is 19.8. The predicted octanol–water partition coefficient (Wildman–Crippen LogP) is 1.98. The van der Waals surface area contributed by atoms with Crippen molar-refractivity contribution in [2.45, 2.75) is 36.8 Å². The van der Waals surface area contributed by atoms with Crippen LogP contribution >= 0.6 is 11.8 Å². The van der Waals surface area contributed by atoms with Crippen LogP contribution in [-0.4, -0.2) is 41.3 Å². The Balaban J connectivity index is 1.47. The quantitative estimate of drug-likeness (QED) is 0.693. The SMILES string of the molecule is C[C@H](Sc1nnc(C[C@H]2CCS(=O)(=O)C2)o1)C(=O)NCc1ccc(F)cc1. The number of nitrogens with one attached hydrogen (secondary N) is 1. The number of nitrogens with zero attached hydrogens (tertiary/aromatic N) is 2. The van der Waals surface area contributed by atoms with Gasteiger partial charge in [-0.25, -0.2) is 12.8 Å². The minimum atomic E-state index is -2.94. The van der Waals surface area contributed by atoms with Gasteiger partial charge in [0.2, 0.25) is 11.8 Å². The van der Waals surface area contributed by atoms with Crippen molar-refractivity contribution in [3.05, 3.63) is 41.5 Å². The smallest absolute Gasteiger partial charge is 0.277 e. The van der Waals surface area contributed by atoms with E-state index in [0.29, 0.717) is 25.3 Å². The molecule has 7 nitrogen and oxygen atoms in total. The normalized spacial score (nSPS) is 19.7. The van der Waals surface area contributed by atoms with Crippen LogP contribution in [0.15, 0.2) is 33.9 Å². The van der Waals surface area contributed by atoms with Crippen LogP contribution in [0.25, 0.3) is 0 Å². The summed E-state index contributed by atoms with van der Waals surface area (Å²) in [5, 5.41) is 10.5. The molecule has 1 N–H and O–H groups in total. The summed E-state index contributed by atoms with van der Waals surface area (Å²) < 4.78 is 41.4. The number of amides is 1. The fraction of sp³-hybridized carbons (Fsp3) is 0.471. The van der Waals surface area contributed by atoms with E-state index >= 15 is 0 Å². The maximum atomic E-state index is 12.9. The molecule has 3 rings (SSSR count). The van der Waals surface area contributed by atoms with Gasteiger partial charge in [0.25, 0.3) is 5.22 Å². The average Bonchev–Trinajstić information content (AvgIpc) is 3.20. The summed E-state index contributed by atoms with van der Waals surface area (Å²) in [5.41, 5.74) is 0.800. The number of carbonyl (C=O) groups excluding carboxylic acids is 1. The number of halogens is 1. The van der Waals surface area contributed by atoms with E-state index in [1.807, 2.05) is 0 Å². The third kappa shape index (κ3) is 5.77. The molecule has 0 spiro atoms. The lowest BCUT2D eigenvalue weighted by Gasteiger charge is -2.10. The highest BCUT2D eigenvalue weighted by molar-refractivity contribution is 8.00. The predicted molar refractivity (Wildman–Crippen MR) is 98.3 cm³/mol. The van der Waals surface area contributed by atoms with E-state index in [9.17, 15) is 17.6 Å². The second-order valence-electron chi connectivity index (χ2n) is 6.54. The Kier molecular flexibility index (Phi) is 6.15.